The van der Waals surface area contributed by atoms with Crippen LogP contribution in [-0.2, 0) is 0 Å². The molecule has 3 nitrogen and oxygen atoms in total. The van der Waals surface area contributed by atoms with Crippen LogP contribution in [0.3, 0.4) is 0 Å². The number of carbonyl (C=O) groups is 1. The molecule has 1 aliphatic rings. The number of Topliss-reactive ketones (excluding diaryl/α,β-unsaturated/α-hetero) is 1. The summed E-state index contributed by atoms with van der Waals surface area (Å²) in [6.07, 6.45) is 2.41. The molecule has 92 valence electrons. The van der Waals surface area contributed by atoms with Crippen LogP contribution in [0.4, 0.5) is 5.69 Å². The molecule has 1 aromatic rings. The number of carbonyl (C=O) groups excluding carboxylic acids is 1. The Bertz CT molecular complexity index is 434. The fourth-order valence-electron chi connectivity index (χ4n) is 2.44. The van der Waals surface area contributed by atoms with E-state index in [9.17, 15) is 4.79 Å². The zero-order valence-electron chi connectivity index (χ0n) is 10.6. The number of nitrogens with two attached hydrogens (primary N) is 1. The van der Waals surface area contributed by atoms with E-state index in [2.05, 4.69) is 4.90 Å². The van der Waals surface area contributed by atoms with Crippen LogP contribution < -0.4 is 5.73 Å². The fraction of sp³-hybridized carbons (Fsp3) is 0.500. The Labute approximate surface area is 103 Å². The Hall–Kier alpha value is -1.35. The highest BCUT2D eigenvalue weighted by molar-refractivity contribution is 6.02. The molecule has 0 spiro atoms. The van der Waals surface area contributed by atoms with Gasteiger partial charge in [0.15, 0.2) is 5.78 Å². The van der Waals surface area contributed by atoms with E-state index in [1.807, 2.05) is 26.0 Å². The Balaban J connectivity index is 2.18. The summed E-state index contributed by atoms with van der Waals surface area (Å²) in [7, 11) is 0. The van der Waals surface area contributed by atoms with Gasteiger partial charge in [-0.3, -0.25) is 9.69 Å². The van der Waals surface area contributed by atoms with Gasteiger partial charge in [-0.25, -0.2) is 0 Å². The number of hydrogen-bond donors (Lipinski definition) is 1. The molecule has 1 aromatic carbocycles. The van der Waals surface area contributed by atoms with Crippen molar-refractivity contribution in [3.05, 3.63) is 28.8 Å². The van der Waals surface area contributed by atoms with Crippen LogP contribution in [0, 0.1) is 13.8 Å². The predicted octanol–water partition coefficient (Wildman–Crippen LogP) is 2.16. The molecule has 0 unspecified atom stereocenters. The number of nitrogen functional groups attached to an aromatic ring is 1. The molecular formula is C14H20N2O. The number of nitrogens with zero attached hydrogens (tertiary/aromatic N) is 1. The molecule has 2 rings (SSSR count). The number of ketones is 1. The number of hydrogen-bond acceptors (Lipinski definition) is 3. The van der Waals surface area contributed by atoms with Crippen LogP contribution >= 0.6 is 0 Å². The van der Waals surface area contributed by atoms with Crippen molar-refractivity contribution in [3.8, 4) is 0 Å². The minimum atomic E-state index is 0.149. The first-order valence-electron chi connectivity index (χ1n) is 6.20. The van der Waals surface area contributed by atoms with Crippen molar-refractivity contribution in [1.29, 1.82) is 0 Å². The lowest BCUT2D eigenvalue weighted by atomic mass is 10.0. The second-order valence-electron chi connectivity index (χ2n) is 4.95. The number of likely N-dealkylation sites (tertiary alicyclic amines) is 1. The van der Waals surface area contributed by atoms with Crippen LogP contribution in [0.1, 0.15) is 34.3 Å². The molecule has 1 heterocycles. The van der Waals surface area contributed by atoms with E-state index in [-0.39, 0.29) is 5.78 Å². The third-order valence-electron chi connectivity index (χ3n) is 3.40. The van der Waals surface area contributed by atoms with Crippen molar-refractivity contribution in [2.45, 2.75) is 26.7 Å². The summed E-state index contributed by atoms with van der Waals surface area (Å²) in [6.45, 7) is 6.54. The summed E-state index contributed by atoms with van der Waals surface area (Å²) in [6, 6.07) is 3.92. The van der Waals surface area contributed by atoms with Gasteiger partial charge >= 0.3 is 0 Å². The van der Waals surface area contributed by atoms with Gasteiger partial charge in [0.2, 0.25) is 0 Å². The first kappa shape index (κ1) is 12.1. The second-order valence-corrected chi connectivity index (χ2v) is 4.95. The van der Waals surface area contributed by atoms with E-state index in [1.165, 1.54) is 12.8 Å². The van der Waals surface area contributed by atoms with Gasteiger partial charge in [-0.05, 0) is 57.0 Å². The topological polar surface area (TPSA) is 46.3 Å². The molecule has 1 aliphatic heterocycles. The van der Waals surface area contributed by atoms with Gasteiger partial charge in [0.05, 0.1) is 6.54 Å². The van der Waals surface area contributed by atoms with E-state index in [0.717, 1.165) is 24.2 Å². The van der Waals surface area contributed by atoms with Crippen LogP contribution in [0.2, 0.25) is 0 Å². The van der Waals surface area contributed by atoms with Crippen molar-refractivity contribution < 1.29 is 4.79 Å². The predicted molar refractivity (Wildman–Crippen MR) is 70.3 cm³/mol. The molecule has 0 bridgehead atoms. The Morgan fingerprint density at radius 1 is 1.29 bits per heavy atom. The lowest BCUT2D eigenvalue weighted by Crippen LogP contribution is -2.27. The molecule has 1 saturated heterocycles. The van der Waals surface area contributed by atoms with Gasteiger partial charge in [0, 0.05) is 11.3 Å². The standard InChI is InChI=1S/C14H20N2O/c1-10-7-11(2)14(15)12(8-10)13(17)9-16-5-3-4-6-16/h7-8H,3-6,9,15H2,1-2H3. The Kier molecular flexibility index (Phi) is 3.48. The number of aryl methyl sites for hydroxylation is 2. The normalized spacial score (nSPS) is 16.4. The molecule has 17 heavy (non-hydrogen) atoms. The van der Waals surface area contributed by atoms with Crippen molar-refractivity contribution in [2.24, 2.45) is 0 Å². The third-order valence-corrected chi connectivity index (χ3v) is 3.40. The van der Waals surface area contributed by atoms with Crippen LogP contribution in [0.25, 0.3) is 0 Å². The molecule has 2 N–H and O–H groups in total. The van der Waals surface area contributed by atoms with Crippen molar-refractivity contribution in [2.75, 3.05) is 25.4 Å². The minimum Gasteiger partial charge on any atom is -0.398 e. The van der Waals surface area contributed by atoms with E-state index in [4.69, 9.17) is 5.73 Å². The number of benzene rings is 1. The zero-order chi connectivity index (χ0) is 12.4. The van der Waals surface area contributed by atoms with Gasteiger partial charge in [-0.2, -0.15) is 0 Å². The number of rotatable bonds is 3. The van der Waals surface area contributed by atoms with Gasteiger partial charge < -0.3 is 5.73 Å². The maximum absolute atomic E-state index is 12.2. The lowest BCUT2D eigenvalue weighted by Gasteiger charge is -2.15. The zero-order valence-corrected chi connectivity index (χ0v) is 10.6. The fourth-order valence-corrected chi connectivity index (χ4v) is 2.44. The summed E-state index contributed by atoms with van der Waals surface area (Å²) in [5.74, 6) is 0.149. The first-order valence-corrected chi connectivity index (χ1v) is 6.20. The Morgan fingerprint density at radius 2 is 1.94 bits per heavy atom. The van der Waals surface area contributed by atoms with Gasteiger partial charge in [-0.1, -0.05) is 6.07 Å². The largest absolute Gasteiger partial charge is 0.398 e. The van der Waals surface area contributed by atoms with Gasteiger partial charge in [0.1, 0.15) is 0 Å². The van der Waals surface area contributed by atoms with Crippen LogP contribution in [0.5, 0.6) is 0 Å². The highest BCUT2D eigenvalue weighted by Gasteiger charge is 2.18. The third kappa shape index (κ3) is 2.67. The van der Waals surface area contributed by atoms with Crippen molar-refractivity contribution in [3.63, 3.8) is 0 Å². The van der Waals surface area contributed by atoms with E-state index < -0.39 is 0 Å². The van der Waals surface area contributed by atoms with Crippen LogP contribution in [-0.4, -0.2) is 30.3 Å². The SMILES string of the molecule is Cc1cc(C)c(N)c(C(=O)CN2CCCC2)c1. The summed E-state index contributed by atoms with van der Waals surface area (Å²) >= 11 is 0. The summed E-state index contributed by atoms with van der Waals surface area (Å²) < 4.78 is 0. The molecule has 0 radical (unpaired) electrons. The molecular weight excluding hydrogens is 212 g/mol. The smallest absolute Gasteiger partial charge is 0.178 e. The molecule has 3 heteroatoms. The molecule has 0 aliphatic carbocycles. The second kappa shape index (κ2) is 4.88. The first-order chi connectivity index (χ1) is 8.08. The van der Waals surface area contributed by atoms with E-state index >= 15 is 0 Å². The van der Waals surface area contributed by atoms with E-state index in [0.29, 0.717) is 17.8 Å². The summed E-state index contributed by atoms with van der Waals surface area (Å²) in [5.41, 5.74) is 9.41. The molecule has 0 aromatic heterocycles. The lowest BCUT2D eigenvalue weighted by molar-refractivity contribution is 0.0946. The highest BCUT2D eigenvalue weighted by atomic mass is 16.1. The van der Waals surface area contributed by atoms with Crippen molar-refractivity contribution in [1.82, 2.24) is 4.90 Å². The van der Waals surface area contributed by atoms with E-state index in [1.54, 1.807) is 0 Å². The highest BCUT2D eigenvalue weighted by Crippen LogP contribution is 2.20. The average Bonchev–Trinajstić information content (AvgIpc) is 2.76. The average molecular weight is 232 g/mol. The van der Waals surface area contributed by atoms with Gasteiger partial charge in [0.25, 0.3) is 0 Å². The van der Waals surface area contributed by atoms with Crippen LogP contribution in [0.15, 0.2) is 12.1 Å². The van der Waals surface area contributed by atoms with Gasteiger partial charge in [-0.15, -0.1) is 0 Å². The Morgan fingerprint density at radius 3 is 2.59 bits per heavy atom. The molecule has 1 fully saturated rings. The molecule has 0 atom stereocenters. The summed E-state index contributed by atoms with van der Waals surface area (Å²) in [5, 5.41) is 0. The number of anilines is 1. The molecule has 0 amide bonds. The maximum Gasteiger partial charge on any atom is 0.178 e. The maximum atomic E-state index is 12.2. The van der Waals surface area contributed by atoms with Crippen molar-refractivity contribution >= 4 is 11.5 Å². The monoisotopic (exact) mass is 232 g/mol. The minimum absolute atomic E-state index is 0.149. The molecule has 0 saturated carbocycles. The summed E-state index contributed by atoms with van der Waals surface area (Å²) in [4.78, 5) is 14.4. The quantitative estimate of drug-likeness (QED) is 0.641.